The lowest BCUT2D eigenvalue weighted by Gasteiger charge is -2.12. The van der Waals surface area contributed by atoms with Gasteiger partial charge in [0.25, 0.3) is 0 Å². The van der Waals surface area contributed by atoms with Crippen LogP contribution in [0.1, 0.15) is 16.8 Å². The molecule has 3 aromatic rings. The van der Waals surface area contributed by atoms with Gasteiger partial charge in [-0.3, -0.25) is 4.98 Å². The fourth-order valence-corrected chi connectivity index (χ4v) is 2.50. The normalized spacial score (nSPS) is 11.4. The van der Waals surface area contributed by atoms with Crippen molar-refractivity contribution in [2.45, 2.75) is 19.6 Å². The number of pyridine rings is 1. The Morgan fingerprint density at radius 2 is 1.86 bits per heavy atom. The third-order valence-corrected chi connectivity index (χ3v) is 3.86. The van der Waals surface area contributed by atoms with E-state index in [1.807, 2.05) is 19.1 Å². The van der Waals surface area contributed by atoms with Crippen LogP contribution in [-0.4, -0.2) is 15.0 Å². The van der Waals surface area contributed by atoms with Crippen molar-refractivity contribution in [1.29, 1.82) is 0 Å². The highest BCUT2D eigenvalue weighted by atomic mass is 35.5. The van der Waals surface area contributed by atoms with E-state index in [0.29, 0.717) is 12.6 Å². The second-order valence-electron chi connectivity index (χ2n) is 5.88. The number of rotatable bonds is 5. The molecular weight excluding hydrogens is 398 g/mol. The number of hydrogen-bond donors (Lipinski definition) is 2. The average molecular weight is 412 g/mol. The van der Waals surface area contributed by atoms with Crippen LogP contribution in [0.15, 0.2) is 42.6 Å². The quantitative estimate of drug-likeness (QED) is 0.438. The summed E-state index contributed by atoms with van der Waals surface area (Å²) in [5.74, 6) is -1.02. The van der Waals surface area contributed by atoms with Crippen LogP contribution in [0, 0.1) is 12.7 Å². The number of halogens is 5. The summed E-state index contributed by atoms with van der Waals surface area (Å²) in [6.07, 6.45) is -3.11. The van der Waals surface area contributed by atoms with Gasteiger partial charge in [-0.15, -0.1) is 0 Å². The van der Waals surface area contributed by atoms with Crippen molar-refractivity contribution in [1.82, 2.24) is 15.0 Å². The molecule has 0 saturated heterocycles. The van der Waals surface area contributed by atoms with Crippen molar-refractivity contribution >= 4 is 29.1 Å². The van der Waals surface area contributed by atoms with Gasteiger partial charge in [-0.05, 0) is 36.8 Å². The first kappa shape index (κ1) is 19.8. The van der Waals surface area contributed by atoms with Crippen LogP contribution in [0.3, 0.4) is 0 Å². The van der Waals surface area contributed by atoms with Crippen molar-refractivity contribution in [3.63, 3.8) is 0 Å². The minimum Gasteiger partial charge on any atom is -0.350 e. The molecule has 0 radical (unpaired) electrons. The minimum atomic E-state index is -4.81. The van der Waals surface area contributed by atoms with E-state index >= 15 is 0 Å². The molecule has 0 bridgehead atoms. The predicted molar refractivity (Wildman–Crippen MR) is 98.0 cm³/mol. The highest BCUT2D eigenvalue weighted by Gasteiger charge is 2.34. The number of alkyl halides is 3. The lowest BCUT2D eigenvalue weighted by atomic mass is 10.2. The second kappa shape index (κ2) is 7.97. The number of nitrogens with zero attached hydrogens (tertiary/aromatic N) is 3. The van der Waals surface area contributed by atoms with Crippen LogP contribution < -0.4 is 10.6 Å². The summed E-state index contributed by atoms with van der Waals surface area (Å²) < 4.78 is 52.0. The van der Waals surface area contributed by atoms with Crippen LogP contribution >= 0.6 is 11.6 Å². The summed E-state index contributed by atoms with van der Waals surface area (Å²) in [4.78, 5) is 12.4. The predicted octanol–water partition coefficient (Wildman–Crippen LogP) is 5.35. The molecule has 28 heavy (non-hydrogen) atoms. The van der Waals surface area contributed by atoms with Gasteiger partial charge in [-0.2, -0.15) is 18.2 Å². The molecule has 0 amide bonds. The summed E-state index contributed by atoms with van der Waals surface area (Å²) in [7, 11) is 0. The van der Waals surface area contributed by atoms with E-state index in [4.69, 9.17) is 11.6 Å². The molecule has 2 N–H and O–H groups in total. The monoisotopic (exact) mass is 411 g/mol. The number of nitrogens with one attached hydrogen (secondary N) is 2. The van der Waals surface area contributed by atoms with E-state index in [0.717, 1.165) is 17.3 Å². The molecule has 0 aliphatic carbocycles. The molecule has 2 heterocycles. The van der Waals surface area contributed by atoms with Crippen molar-refractivity contribution in [3.8, 4) is 0 Å². The first-order valence-corrected chi connectivity index (χ1v) is 8.42. The van der Waals surface area contributed by atoms with E-state index in [1.165, 1.54) is 12.1 Å². The topological polar surface area (TPSA) is 62.7 Å². The molecule has 0 saturated carbocycles. The van der Waals surface area contributed by atoms with Gasteiger partial charge in [-0.1, -0.05) is 17.7 Å². The maximum absolute atomic E-state index is 13.4. The lowest BCUT2D eigenvalue weighted by molar-refractivity contribution is -0.139. The van der Waals surface area contributed by atoms with E-state index in [-0.39, 0.29) is 22.6 Å². The molecule has 0 unspecified atom stereocenters. The Kier molecular flexibility index (Phi) is 5.64. The maximum atomic E-state index is 13.4. The van der Waals surface area contributed by atoms with Gasteiger partial charge in [-0.25, -0.2) is 9.37 Å². The lowest BCUT2D eigenvalue weighted by Crippen LogP contribution is -2.09. The smallest absolute Gasteiger partial charge is 0.350 e. The molecule has 146 valence electrons. The van der Waals surface area contributed by atoms with Crippen LogP contribution in [-0.2, 0) is 12.7 Å². The van der Waals surface area contributed by atoms with Crippen LogP contribution in [0.2, 0.25) is 5.15 Å². The third kappa shape index (κ3) is 5.07. The van der Waals surface area contributed by atoms with Gasteiger partial charge in [0, 0.05) is 30.2 Å². The fraction of sp³-hybridized carbons (Fsp3) is 0.167. The Morgan fingerprint density at radius 3 is 2.54 bits per heavy atom. The summed E-state index contributed by atoms with van der Waals surface area (Å²) in [6.45, 7) is 2.25. The minimum absolute atomic E-state index is 0.0113. The molecular formula is C18H14ClF4N5. The Labute approximate surface area is 162 Å². The van der Waals surface area contributed by atoms with E-state index in [9.17, 15) is 17.6 Å². The zero-order chi connectivity index (χ0) is 20.3. The molecule has 0 fully saturated rings. The summed E-state index contributed by atoms with van der Waals surface area (Å²) in [5, 5.41) is 5.72. The maximum Gasteiger partial charge on any atom is 0.419 e. The van der Waals surface area contributed by atoms with Gasteiger partial charge in [0.05, 0.1) is 5.56 Å². The second-order valence-corrected chi connectivity index (χ2v) is 6.27. The standard InChI is InChI=1S/C18H14ClF4N5/c1-10-2-3-11(8-24-10)9-25-17-27-15(19)7-16(28-17)26-12-4-5-14(20)13(6-12)18(21,22)23/h2-8H,9H2,1H3,(H2,25,26,27,28). The molecule has 0 atom stereocenters. The largest absolute Gasteiger partial charge is 0.419 e. The first-order valence-electron chi connectivity index (χ1n) is 8.04. The van der Waals surface area contributed by atoms with Gasteiger partial charge < -0.3 is 10.6 Å². The zero-order valence-corrected chi connectivity index (χ0v) is 15.2. The van der Waals surface area contributed by atoms with E-state index in [2.05, 4.69) is 25.6 Å². The molecule has 0 spiro atoms. The van der Waals surface area contributed by atoms with Crippen LogP contribution in [0.25, 0.3) is 0 Å². The number of hydrogen-bond acceptors (Lipinski definition) is 5. The van der Waals surface area contributed by atoms with Crippen molar-refractivity contribution < 1.29 is 17.6 Å². The van der Waals surface area contributed by atoms with E-state index < -0.39 is 17.6 Å². The Balaban J connectivity index is 1.77. The average Bonchev–Trinajstić information content (AvgIpc) is 2.61. The van der Waals surface area contributed by atoms with Gasteiger partial charge in [0.2, 0.25) is 5.95 Å². The highest BCUT2D eigenvalue weighted by Crippen LogP contribution is 2.33. The highest BCUT2D eigenvalue weighted by molar-refractivity contribution is 6.29. The summed E-state index contributed by atoms with van der Waals surface area (Å²) >= 11 is 5.96. The molecule has 10 heteroatoms. The molecule has 0 aliphatic rings. The third-order valence-electron chi connectivity index (χ3n) is 3.66. The van der Waals surface area contributed by atoms with Crippen LogP contribution in [0.5, 0.6) is 0 Å². The molecule has 5 nitrogen and oxygen atoms in total. The number of aryl methyl sites for hydroxylation is 1. The number of benzene rings is 1. The van der Waals surface area contributed by atoms with Gasteiger partial charge in [0.1, 0.15) is 16.8 Å². The van der Waals surface area contributed by atoms with Crippen molar-refractivity contribution in [2.75, 3.05) is 10.6 Å². The van der Waals surface area contributed by atoms with E-state index in [1.54, 1.807) is 6.20 Å². The SMILES string of the molecule is Cc1ccc(CNc2nc(Cl)cc(Nc3ccc(F)c(C(F)(F)F)c3)n2)cn1. The summed E-state index contributed by atoms with van der Waals surface area (Å²) in [6, 6.07) is 7.65. The fourth-order valence-electron chi connectivity index (χ4n) is 2.31. The van der Waals surface area contributed by atoms with Crippen LogP contribution in [0.4, 0.5) is 35.0 Å². The van der Waals surface area contributed by atoms with Crippen molar-refractivity contribution in [2.24, 2.45) is 0 Å². The molecule has 3 rings (SSSR count). The van der Waals surface area contributed by atoms with Gasteiger partial charge in [0.15, 0.2) is 0 Å². The summed E-state index contributed by atoms with van der Waals surface area (Å²) in [5.41, 5.74) is 0.406. The Hall–Kier alpha value is -2.94. The number of aromatic nitrogens is 3. The number of anilines is 3. The van der Waals surface area contributed by atoms with Gasteiger partial charge >= 0.3 is 6.18 Å². The first-order chi connectivity index (χ1) is 13.2. The molecule has 0 aliphatic heterocycles. The zero-order valence-electron chi connectivity index (χ0n) is 14.5. The Morgan fingerprint density at radius 1 is 1.07 bits per heavy atom. The molecule has 2 aromatic heterocycles. The Bertz CT molecular complexity index is 977. The molecule has 1 aromatic carbocycles. The van der Waals surface area contributed by atoms with Crippen molar-refractivity contribution in [3.05, 3.63) is 70.4 Å².